The van der Waals surface area contributed by atoms with E-state index >= 15 is 0 Å². The Kier molecular flexibility index (Phi) is 7.41. The fraction of sp³-hybridized carbons (Fsp3) is 0.615. The topological polar surface area (TPSA) is 72.8 Å². The van der Waals surface area contributed by atoms with Crippen molar-refractivity contribution in [1.29, 1.82) is 0 Å². The minimum absolute atomic E-state index is 0.0406. The van der Waals surface area contributed by atoms with Crippen LogP contribution in [0.4, 0.5) is 0 Å². The number of fused-ring (bicyclic) bond motifs is 3. The molecule has 5 nitrogen and oxygen atoms in total. The zero-order valence-corrected chi connectivity index (χ0v) is 20.5. The van der Waals surface area contributed by atoms with Gasteiger partial charge in [0.2, 0.25) is 0 Å². The van der Waals surface area contributed by atoms with Crippen LogP contribution in [0.2, 0.25) is 0 Å². The number of hydrogen-bond acceptors (Lipinski definition) is 5. The number of allylic oxidation sites excluding steroid dienone is 7. The minimum atomic E-state index is -1.11. The molecule has 176 valence electrons. The van der Waals surface area contributed by atoms with Gasteiger partial charge in [-0.15, -0.1) is 0 Å². The second-order valence-corrected chi connectivity index (χ2v) is 10.5. The van der Waals surface area contributed by atoms with Gasteiger partial charge in [0.25, 0.3) is 0 Å². The van der Waals surface area contributed by atoms with Gasteiger partial charge in [-0.05, 0) is 64.9 Å². The number of Topliss-reactive ketones (excluding diaryl/α,β-unsaturated/α-hetero) is 1. The number of cyclic esters (lactones) is 1. The summed E-state index contributed by atoms with van der Waals surface area (Å²) < 4.78 is 11.6. The van der Waals surface area contributed by atoms with Crippen molar-refractivity contribution in [3.05, 3.63) is 47.2 Å². The van der Waals surface area contributed by atoms with Crippen LogP contribution in [-0.2, 0) is 19.1 Å². The molecule has 1 aliphatic carbocycles. The van der Waals surface area contributed by atoms with Gasteiger partial charge in [-0.25, -0.2) is 0 Å². The average molecular weight is 463 g/mol. The first-order chi connectivity index (χ1) is 14.9. The number of ether oxygens (including phenoxy) is 2. The molecule has 6 heteroatoms. The maximum absolute atomic E-state index is 13.0. The summed E-state index contributed by atoms with van der Waals surface area (Å²) in [7, 11) is 0. The maximum Gasteiger partial charge on any atom is 0.317 e. The van der Waals surface area contributed by atoms with Gasteiger partial charge in [0.15, 0.2) is 5.78 Å². The summed E-state index contributed by atoms with van der Waals surface area (Å²) >= 11 is 6.46. The van der Waals surface area contributed by atoms with Crippen molar-refractivity contribution in [1.82, 2.24) is 0 Å². The summed E-state index contributed by atoms with van der Waals surface area (Å²) in [5.41, 5.74) is -0.274. The lowest BCUT2D eigenvalue weighted by Gasteiger charge is -2.51. The molecule has 3 rings (SSSR count). The van der Waals surface area contributed by atoms with Crippen LogP contribution in [0, 0.1) is 35.5 Å². The van der Waals surface area contributed by atoms with Crippen molar-refractivity contribution in [2.75, 3.05) is 0 Å². The minimum Gasteiger partial charge on any atom is -0.510 e. The highest BCUT2D eigenvalue weighted by atomic mass is 35.5. The number of halogens is 1. The van der Waals surface area contributed by atoms with Crippen LogP contribution in [-0.4, -0.2) is 34.7 Å². The van der Waals surface area contributed by atoms with Gasteiger partial charge < -0.3 is 14.6 Å². The van der Waals surface area contributed by atoms with E-state index in [1.165, 1.54) is 6.92 Å². The molecule has 2 heterocycles. The van der Waals surface area contributed by atoms with E-state index in [9.17, 15) is 14.7 Å². The van der Waals surface area contributed by atoms with E-state index in [1.54, 1.807) is 13.0 Å². The van der Waals surface area contributed by atoms with Crippen LogP contribution in [0.1, 0.15) is 48.0 Å². The van der Waals surface area contributed by atoms with Crippen LogP contribution in [0.5, 0.6) is 0 Å². The number of aliphatic hydroxyl groups excluding tert-OH is 1. The van der Waals surface area contributed by atoms with Gasteiger partial charge in [-0.3, -0.25) is 9.59 Å². The summed E-state index contributed by atoms with van der Waals surface area (Å²) in [6.45, 7) is 11.5. The molecule has 0 saturated carbocycles. The third kappa shape index (κ3) is 5.04. The number of ketones is 1. The largest absolute Gasteiger partial charge is 0.510 e. The standard InChI is InChI=1S/C26H35ClO5/c1-14-9-7-8-10-15(2)31-25(30)16(3)23(28)22(27)24(29)21-19(14)12-11-18-13-26(5,6)32-17(4)20(18)21/h7-12,14-21,29H,13H2,1-6H3/b9-7-,10-8+,24-22+/t14-,15+,16+,17+,18-,19+,20?,21?/m1/s1. The van der Waals surface area contributed by atoms with Crippen molar-refractivity contribution in [3.8, 4) is 0 Å². The molecule has 1 fully saturated rings. The lowest BCUT2D eigenvalue weighted by atomic mass is 9.61. The molecular weight excluding hydrogens is 428 g/mol. The van der Waals surface area contributed by atoms with E-state index in [0.717, 1.165) is 6.42 Å². The van der Waals surface area contributed by atoms with Gasteiger partial charge in [0.05, 0.1) is 11.7 Å². The SMILES string of the molecule is C[C@@H]1C(=O)O[C@@H](C)/C=C/C=C\[C@@H](C)[C@@H]2C=C[C@@H]3CC(C)(C)O[C@@H](C)C3C2/C(O)=C(\Cl)C1=O. The molecule has 0 radical (unpaired) electrons. The second-order valence-electron chi connectivity index (χ2n) is 10.1. The Bertz CT molecular complexity index is 867. The van der Waals surface area contributed by atoms with Crippen molar-refractivity contribution < 1.29 is 24.2 Å². The molecule has 0 spiro atoms. The number of aliphatic hydroxyl groups is 1. The molecule has 3 aliphatic rings. The van der Waals surface area contributed by atoms with E-state index in [4.69, 9.17) is 21.1 Å². The highest BCUT2D eigenvalue weighted by Gasteiger charge is 2.49. The summed E-state index contributed by atoms with van der Waals surface area (Å²) in [5, 5.41) is 11.1. The molecule has 0 aromatic carbocycles. The smallest absolute Gasteiger partial charge is 0.317 e. The van der Waals surface area contributed by atoms with Crippen LogP contribution in [0.15, 0.2) is 47.2 Å². The summed E-state index contributed by atoms with van der Waals surface area (Å²) in [4.78, 5) is 25.5. The Labute approximate surface area is 196 Å². The molecule has 2 unspecified atom stereocenters. The third-order valence-electron chi connectivity index (χ3n) is 7.00. The summed E-state index contributed by atoms with van der Waals surface area (Å²) in [6, 6.07) is 0. The number of hydrogen-bond donors (Lipinski definition) is 1. The molecule has 8 atom stereocenters. The second kappa shape index (κ2) is 9.56. The van der Waals surface area contributed by atoms with Crippen molar-refractivity contribution in [2.24, 2.45) is 35.5 Å². The highest BCUT2D eigenvalue weighted by molar-refractivity contribution is 6.44. The number of rotatable bonds is 0. The Morgan fingerprint density at radius 3 is 2.38 bits per heavy atom. The Hall–Kier alpha value is -1.85. The molecular formula is C26H35ClO5. The molecule has 32 heavy (non-hydrogen) atoms. The van der Waals surface area contributed by atoms with Crippen molar-refractivity contribution in [2.45, 2.75) is 65.8 Å². The lowest BCUT2D eigenvalue weighted by molar-refractivity contribution is -0.160. The summed E-state index contributed by atoms with van der Waals surface area (Å²) in [5.74, 6) is -2.80. The Morgan fingerprint density at radius 2 is 1.69 bits per heavy atom. The van der Waals surface area contributed by atoms with E-state index in [-0.39, 0.29) is 46.2 Å². The van der Waals surface area contributed by atoms with Gasteiger partial charge in [0, 0.05) is 11.8 Å². The van der Waals surface area contributed by atoms with Crippen molar-refractivity contribution in [3.63, 3.8) is 0 Å². The monoisotopic (exact) mass is 462 g/mol. The first-order valence-corrected chi connectivity index (χ1v) is 11.8. The number of carbonyl (C=O) groups excluding carboxylic acids is 2. The van der Waals surface area contributed by atoms with Gasteiger partial charge in [0.1, 0.15) is 22.8 Å². The van der Waals surface area contributed by atoms with Crippen molar-refractivity contribution >= 4 is 23.4 Å². The fourth-order valence-corrected chi connectivity index (χ4v) is 5.72. The van der Waals surface area contributed by atoms with Crippen LogP contribution < -0.4 is 0 Å². The zero-order chi connectivity index (χ0) is 23.8. The quantitative estimate of drug-likeness (QED) is 0.291. The average Bonchev–Trinajstić information content (AvgIpc) is 2.72. The van der Waals surface area contributed by atoms with Gasteiger partial charge >= 0.3 is 5.97 Å². The molecule has 0 bridgehead atoms. The Morgan fingerprint density at radius 1 is 1.03 bits per heavy atom. The number of carbonyl (C=O) groups is 2. The first kappa shape index (κ1) is 24.8. The predicted octanol–water partition coefficient (Wildman–Crippen LogP) is 5.52. The zero-order valence-electron chi connectivity index (χ0n) is 19.7. The molecule has 0 amide bonds. The maximum atomic E-state index is 13.0. The normalized spacial score (nSPS) is 44.6. The van der Waals surface area contributed by atoms with E-state index in [2.05, 4.69) is 39.0 Å². The van der Waals surface area contributed by atoms with E-state index in [1.807, 2.05) is 19.1 Å². The van der Waals surface area contributed by atoms with Crippen LogP contribution in [0.25, 0.3) is 0 Å². The summed E-state index contributed by atoms with van der Waals surface area (Å²) in [6.07, 6.45) is 12.2. The lowest BCUT2D eigenvalue weighted by Crippen LogP contribution is -2.51. The highest BCUT2D eigenvalue weighted by Crippen LogP contribution is 2.50. The van der Waals surface area contributed by atoms with Crippen LogP contribution in [0.3, 0.4) is 0 Å². The predicted molar refractivity (Wildman–Crippen MR) is 125 cm³/mol. The Balaban J connectivity index is 2.11. The first-order valence-electron chi connectivity index (χ1n) is 11.5. The molecule has 1 N–H and O–H groups in total. The molecule has 0 aromatic rings. The third-order valence-corrected chi connectivity index (χ3v) is 7.38. The van der Waals surface area contributed by atoms with E-state index < -0.39 is 29.7 Å². The number of esters is 1. The fourth-order valence-electron chi connectivity index (χ4n) is 5.43. The van der Waals surface area contributed by atoms with Gasteiger partial charge in [-0.2, -0.15) is 0 Å². The molecule has 2 aliphatic heterocycles. The van der Waals surface area contributed by atoms with Crippen LogP contribution >= 0.6 is 11.6 Å². The van der Waals surface area contributed by atoms with E-state index in [0.29, 0.717) is 0 Å². The molecule has 0 aromatic heterocycles. The molecule has 1 saturated heterocycles. The van der Waals surface area contributed by atoms with Gasteiger partial charge in [-0.1, -0.05) is 48.9 Å².